The first-order chi connectivity index (χ1) is 6.81. The second-order valence-electron chi connectivity index (χ2n) is 3.96. The molecule has 0 N–H and O–H groups in total. The van der Waals surface area contributed by atoms with Crippen LogP contribution in [0.3, 0.4) is 0 Å². The van der Waals surface area contributed by atoms with E-state index in [2.05, 4.69) is 0 Å². The molecule has 1 aliphatic heterocycles. The highest BCUT2D eigenvalue weighted by Gasteiger charge is 2.32. The molecule has 80 valence electrons. The van der Waals surface area contributed by atoms with E-state index in [4.69, 9.17) is 9.47 Å². The van der Waals surface area contributed by atoms with Crippen LogP contribution >= 0.6 is 0 Å². The van der Waals surface area contributed by atoms with Crippen LogP contribution in [0, 0.1) is 0 Å². The average molecular weight is 199 g/mol. The van der Waals surface area contributed by atoms with Gasteiger partial charge in [0.05, 0.1) is 0 Å². The first-order valence-corrected chi connectivity index (χ1v) is 5.31. The average Bonchev–Trinajstić information content (AvgIpc) is 3.01. The lowest BCUT2D eigenvalue weighted by Gasteiger charge is -2.33. The van der Waals surface area contributed by atoms with E-state index in [0.29, 0.717) is 0 Å². The molecule has 1 saturated heterocycles. The predicted octanol–water partition coefficient (Wildman–Crippen LogP) is 1.74. The maximum Gasteiger partial charge on any atom is 0.412 e. The van der Waals surface area contributed by atoms with Crippen molar-refractivity contribution in [1.82, 2.24) is 4.90 Å². The van der Waals surface area contributed by atoms with Crippen molar-refractivity contribution in [2.75, 3.05) is 13.7 Å². The molecule has 1 heterocycles. The van der Waals surface area contributed by atoms with Gasteiger partial charge in [0, 0.05) is 13.7 Å². The molecule has 1 aliphatic carbocycles. The summed E-state index contributed by atoms with van der Waals surface area (Å²) in [6.07, 6.45) is 5.08. The van der Waals surface area contributed by atoms with Crippen molar-refractivity contribution < 1.29 is 14.3 Å². The Morgan fingerprint density at radius 3 is 2.71 bits per heavy atom. The van der Waals surface area contributed by atoms with E-state index in [0.717, 1.165) is 38.6 Å². The van der Waals surface area contributed by atoms with E-state index in [-0.39, 0.29) is 18.4 Å². The highest BCUT2D eigenvalue weighted by Crippen LogP contribution is 2.26. The molecule has 14 heavy (non-hydrogen) atoms. The minimum Gasteiger partial charge on any atom is -0.446 e. The fourth-order valence-corrected chi connectivity index (χ4v) is 1.75. The van der Waals surface area contributed by atoms with Crippen LogP contribution in [-0.4, -0.2) is 37.0 Å². The lowest BCUT2D eigenvalue weighted by molar-refractivity contribution is -0.0502. The highest BCUT2D eigenvalue weighted by atomic mass is 16.6. The Hall–Kier alpha value is -0.770. The fraction of sp³-hybridized carbons (Fsp3) is 0.900. The Morgan fingerprint density at radius 1 is 1.29 bits per heavy atom. The molecule has 0 bridgehead atoms. The molecular weight excluding hydrogens is 182 g/mol. The second-order valence-corrected chi connectivity index (χ2v) is 3.96. The summed E-state index contributed by atoms with van der Waals surface area (Å²) in [7, 11) is 1.65. The fourth-order valence-electron chi connectivity index (χ4n) is 1.75. The van der Waals surface area contributed by atoms with E-state index >= 15 is 0 Å². The number of ether oxygens (including phenoxy) is 2. The van der Waals surface area contributed by atoms with Gasteiger partial charge in [0.25, 0.3) is 0 Å². The Balaban J connectivity index is 1.87. The van der Waals surface area contributed by atoms with Crippen molar-refractivity contribution in [3.63, 3.8) is 0 Å². The standard InChI is InChI=1S/C10H17NO3/c1-13-9-4-2-3-7-11(9)10(12)14-8-5-6-8/h8-9H,2-7H2,1H3. The molecule has 2 fully saturated rings. The largest absolute Gasteiger partial charge is 0.446 e. The topological polar surface area (TPSA) is 38.8 Å². The van der Waals surface area contributed by atoms with Gasteiger partial charge in [-0.15, -0.1) is 0 Å². The van der Waals surface area contributed by atoms with Gasteiger partial charge in [0.15, 0.2) is 0 Å². The SMILES string of the molecule is COC1CCCCN1C(=O)OC1CC1. The summed E-state index contributed by atoms with van der Waals surface area (Å²) in [5, 5.41) is 0. The molecule has 1 atom stereocenters. The Kier molecular flexibility index (Phi) is 2.91. The Labute approximate surface area is 84.2 Å². The van der Waals surface area contributed by atoms with Crippen LogP contribution < -0.4 is 0 Å². The van der Waals surface area contributed by atoms with E-state index in [1.165, 1.54) is 0 Å². The van der Waals surface area contributed by atoms with Crippen molar-refractivity contribution in [3.8, 4) is 0 Å². The van der Waals surface area contributed by atoms with Crippen LogP contribution in [0.2, 0.25) is 0 Å². The van der Waals surface area contributed by atoms with Gasteiger partial charge in [-0.2, -0.15) is 0 Å². The van der Waals surface area contributed by atoms with Gasteiger partial charge in [0.1, 0.15) is 12.3 Å². The van der Waals surface area contributed by atoms with E-state index < -0.39 is 0 Å². The van der Waals surface area contributed by atoms with Gasteiger partial charge >= 0.3 is 6.09 Å². The predicted molar refractivity (Wildman–Crippen MR) is 50.9 cm³/mol. The van der Waals surface area contributed by atoms with Crippen molar-refractivity contribution in [3.05, 3.63) is 0 Å². The van der Waals surface area contributed by atoms with Crippen LogP contribution in [0.4, 0.5) is 4.79 Å². The quantitative estimate of drug-likeness (QED) is 0.680. The third kappa shape index (κ3) is 2.18. The van der Waals surface area contributed by atoms with Gasteiger partial charge in [0.2, 0.25) is 0 Å². The molecular formula is C10H17NO3. The first kappa shape index (κ1) is 9.77. The number of rotatable bonds is 2. The summed E-state index contributed by atoms with van der Waals surface area (Å²) in [5.41, 5.74) is 0. The zero-order chi connectivity index (χ0) is 9.97. The van der Waals surface area contributed by atoms with Crippen molar-refractivity contribution in [2.24, 2.45) is 0 Å². The number of nitrogens with zero attached hydrogens (tertiary/aromatic N) is 1. The second kappa shape index (κ2) is 4.17. The summed E-state index contributed by atoms with van der Waals surface area (Å²) in [6, 6.07) is 0. The molecule has 0 aromatic rings. The highest BCUT2D eigenvalue weighted by molar-refractivity contribution is 5.68. The third-order valence-corrected chi connectivity index (χ3v) is 2.75. The molecule has 1 amide bonds. The van der Waals surface area contributed by atoms with Gasteiger partial charge in [-0.1, -0.05) is 0 Å². The van der Waals surface area contributed by atoms with E-state index in [1.54, 1.807) is 12.0 Å². The van der Waals surface area contributed by atoms with Crippen molar-refractivity contribution >= 4 is 6.09 Å². The summed E-state index contributed by atoms with van der Waals surface area (Å²) < 4.78 is 10.5. The van der Waals surface area contributed by atoms with Gasteiger partial charge in [-0.25, -0.2) is 4.79 Å². The maximum atomic E-state index is 11.6. The van der Waals surface area contributed by atoms with Crippen molar-refractivity contribution in [2.45, 2.75) is 44.4 Å². The zero-order valence-corrected chi connectivity index (χ0v) is 8.57. The Morgan fingerprint density at radius 2 is 2.07 bits per heavy atom. The lowest BCUT2D eigenvalue weighted by atomic mass is 10.1. The number of amides is 1. The maximum absolute atomic E-state index is 11.6. The van der Waals surface area contributed by atoms with Gasteiger partial charge in [-0.3, -0.25) is 4.90 Å². The lowest BCUT2D eigenvalue weighted by Crippen LogP contribution is -2.45. The van der Waals surface area contributed by atoms with Gasteiger partial charge < -0.3 is 9.47 Å². The minimum atomic E-state index is -0.195. The number of hydrogen-bond donors (Lipinski definition) is 0. The van der Waals surface area contributed by atoms with Crippen LogP contribution in [0.25, 0.3) is 0 Å². The summed E-state index contributed by atoms with van der Waals surface area (Å²) in [5.74, 6) is 0. The summed E-state index contributed by atoms with van der Waals surface area (Å²) in [4.78, 5) is 13.4. The molecule has 2 rings (SSSR count). The molecule has 0 aromatic heterocycles. The van der Waals surface area contributed by atoms with Crippen LogP contribution in [0.1, 0.15) is 32.1 Å². The van der Waals surface area contributed by atoms with Crippen LogP contribution in [0.15, 0.2) is 0 Å². The van der Waals surface area contributed by atoms with Crippen LogP contribution in [0.5, 0.6) is 0 Å². The Bertz CT molecular complexity index is 215. The molecule has 2 aliphatic rings. The number of piperidine rings is 1. The summed E-state index contributed by atoms with van der Waals surface area (Å²) in [6.45, 7) is 0.768. The summed E-state index contributed by atoms with van der Waals surface area (Å²) >= 11 is 0. The van der Waals surface area contributed by atoms with E-state index in [1.807, 2.05) is 0 Å². The normalized spacial score (nSPS) is 27.5. The molecule has 0 aromatic carbocycles. The monoisotopic (exact) mass is 199 g/mol. The van der Waals surface area contributed by atoms with Gasteiger partial charge in [-0.05, 0) is 32.1 Å². The molecule has 1 saturated carbocycles. The zero-order valence-electron chi connectivity index (χ0n) is 8.57. The first-order valence-electron chi connectivity index (χ1n) is 5.31. The number of methoxy groups -OCH3 is 1. The van der Waals surface area contributed by atoms with Crippen molar-refractivity contribution in [1.29, 1.82) is 0 Å². The van der Waals surface area contributed by atoms with E-state index in [9.17, 15) is 4.79 Å². The number of carbonyl (C=O) groups is 1. The molecule has 0 radical (unpaired) electrons. The van der Waals surface area contributed by atoms with Crippen LogP contribution in [-0.2, 0) is 9.47 Å². The molecule has 0 spiro atoms. The molecule has 4 nitrogen and oxygen atoms in total. The molecule has 1 unspecified atom stereocenters. The number of likely N-dealkylation sites (tertiary alicyclic amines) is 1. The minimum absolute atomic E-state index is 0.0741. The number of carbonyl (C=O) groups excluding carboxylic acids is 1. The molecule has 4 heteroatoms. The smallest absolute Gasteiger partial charge is 0.412 e. The third-order valence-electron chi connectivity index (χ3n) is 2.75. The number of hydrogen-bond acceptors (Lipinski definition) is 3.